The van der Waals surface area contributed by atoms with Crippen LogP contribution in [0, 0.1) is 13.8 Å². The van der Waals surface area contributed by atoms with Gasteiger partial charge in [0.05, 0.1) is 6.21 Å². The van der Waals surface area contributed by atoms with Crippen LogP contribution in [0.15, 0.2) is 47.6 Å². The summed E-state index contributed by atoms with van der Waals surface area (Å²) in [4.78, 5) is 11.8. The number of nitrogen functional groups attached to an aromatic ring is 1. The highest BCUT2D eigenvalue weighted by molar-refractivity contribution is 5.95. The van der Waals surface area contributed by atoms with Crippen molar-refractivity contribution in [3.8, 4) is 0 Å². The number of benzene rings is 2. The normalized spacial score (nSPS) is 10.7. The van der Waals surface area contributed by atoms with Crippen LogP contribution in [0.1, 0.15) is 27.0 Å². The van der Waals surface area contributed by atoms with Crippen molar-refractivity contribution in [2.75, 3.05) is 5.73 Å². The number of nitrogens with two attached hydrogens (primary N) is 1. The molecule has 2 aromatic rings. The molecule has 1 amide bonds. The zero-order valence-corrected chi connectivity index (χ0v) is 11.6. The fraction of sp³-hybridized carbons (Fsp3) is 0.125. The van der Waals surface area contributed by atoms with Crippen molar-refractivity contribution in [2.24, 2.45) is 5.10 Å². The number of hydrazone groups is 1. The van der Waals surface area contributed by atoms with Crippen LogP contribution in [0.3, 0.4) is 0 Å². The monoisotopic (exact) mass is 267 g/mol. The van der Waals surface area contributed by atoms with Crippen LogP contribution in [0.2, 0.25) is 0 Å². The van der Waals surface area contributed by atoms with Crippen molar-refractivity contribution in [3.63, 3.8) is 0 Å². The molecule has 4 heteroatoms. The Balaban J connectivity index is 2.04. The number of nitrogens with one attached hydrogen (secondary N) is 1. The first-order valence-electron chi connectivity index (χ1n) is 6.32. The molecule has 3 N–H and O–H groups in total. The van der Waals surface area contributed by atoms with E-state index < -0.39 is 0 Å². The van der Waals surface area contributed by atoms with Crippen molar-refractivity contribution in [1.29, 1.82) is 0 Å². The molecule has 0 bridgehead atoms. The first kappa shape index (κ1) is 13.8. The summed E-state index contributed by atoms with van der Waals surface area (Å²) in [6, 6.07) is 12.8. The Morgan fingerprint density at radius 1 is 1.15 bits per heavy atom. The first-order valence-corrected chi connectivity index (χ1v) is 6.32. The first-order chi connectivity index (χ1) is 9.56. The number of nitrogens with zero attached hydrogens (tertiary/aromatic N) is 1. The van der Waals surface area contributed by atoms with Gasteiger partial charge in [-0.15, -0.1) is 0 Å². The van der Waals surface area contributed by atoms with Gasteiger partial charge in [0.1, 0.15) is 0 Å². The Morgan fingerprint density at radius 2 is 1.85 bits per heavy atom. The predicted molar refractivity (Wildman–Crippen MR) is 81.8 cm³/mol. The number of amides is 1. The fourth-order valence-corrected chi connectivity index (χ4v) is 1.76. The van der Waals surface area contributed by atoms with Crippen LogP contribution in [0.4, 0.5) is 5.69 Å². The molecule has 0 heterocycles. The van der Waals surface area contributed by atoms with Crippen molar-refractivity contribution in [1.82, 2.24) is 5.43 Å². The number of hydrogen-bond acceptors (Lipinski definition) is 3. The van der Waals surface area contributed by atoms with Gasteiger partial charge < -0.3 is 5.73 Å². The van der Waals surface area contributed by atoms with Gasteiger partial charge >= 0.3 is 0 Å². The van der Waals surface area contributed by atoms with Crippen LogP contribution in [-0.4, -0.2) is 12.1 Å². The number of hydrogen-bond donors (Lipinski definition) is 2. The van der Waals surface area contributed by atoms with Gasteiger partial charge in [0.2, 0.25) is 0 Å². The second-order valence-corrected chi connectivity index (χ2v) is 4.68. The average Bonchev–Trinajstić information content (AvgIpc) is 2.43. The summed E-state index contributed by atoms with van der Waals surface area (Å²) in [7, 11) is 0. The average molecular weight is 267 g/mol. The molecule has 0 atom stereocenters. The lowest BCUT2D eigenvalue weighted by molar-refractivity contribution is 0.0955. The summed E-state index contributed by atoms with van der Waals surface area (Å²) >= 11 is 0. The third-order valence-electron chi connectivity index (χ3n) is 2.98. The lowest BCUT2D eigenvalue weighted by Gasteiger charge is -2.02. The standard InChI is InChI=1S/C16H17N3O/c1-11-3-4-12(2)14(9-11)10-18-19-16(20)13-5-7-15(17)8-6-13/h3-10H,17H2,1-2H3,(H,19,20)/b18-10-. The van der Waals surface area contributed by atoms with Crippen LogP contribution >= 0.6 is 0 Å². The molecule has 4 nitrogen and oxygen atoms in total. The molecular formula is C16H17N3O. The van der Waals surface area contributed by atoms with Gasteiger partial charge in [-0.1, -0.05) is 23.8 Å². The summed E-state index contributed by atoms with van der Waals surface area (Å²) in [5, 5.41) is 3.99. The second-order valence-electron chi connectivity index (χ2n) is 4.68. The number of anilines is 1. The van der Waals surface area contributed by atoms with Gasteiger partial charge in [-0.25, -0.2) is 5.43 Å². The van der Waals surface area contributed by atoms with E-state index in [-0.39, 0.29) is 5.91 Å². The quantitative estimate of drug-likeness (QED) is 0.510. The highest BCUT2D eigenvalue weighted by Gasteiger charge is 2.03. The fourth-order valence-electron chi connectivity index (χ4n) is 1.76. The number of carbonyl (C=O) groups excluding carboxylic acids is 1. The van der Waals surface area contributed by atoms with Gasteiger partial charge in [0.15, 0.2) is 0 Å². The Kier molecular flexibility index (Phi) is 4.15. The summed E-state index contributed by atoms with van der Waals surface area (Å²) in [6.07, 6.45) is 1.65. The predicted octanol–water partition coefficient (Wildman–Crippen LogP) is 2.65. The summed E-state index contributed by atoms with van der Waals surface area (Å²) < 4.78 is 0. The molecule has 0 radical (unpaired) electrons. The summed E-state index contributed by atoms with van der Waals surface area (Å²) in [5.41, 5.74) is 12.5. The lowest BCUT2D eigenvalue weighted by Crippen LogP contribution is -2.17. The van der Waals surface area contributed by atoms with E-state index in [0.717, 1.165) is 16.7 Å². The van der Waals surface area contributed by atoms with Crippen LogP contribution in [0.5, 0.6) is 0 Å². The summed E-state index contributed by atoms with van der Waals surface area (Å²) in [6.45, 7) is 4.02. The maximum atomic E-state index is 11.8. The zero-order chi connectivity index (χ0) is 14.5. The van der Waals surface area contributed by atoms with E-state index in [0.29, 0.717) is 11.3 Å². The van der Waals surface area contributed by atoms with Gasteiger partial charge in [-0.05, 0) is 49.2 Å². The third kappa shape index (κ3) is 3.45. The molecule has 0 aliphatic heterocycles. The number of rotatable bonds is 3. The molecule has 0 aliphatic carbocycles. The highest BCUT2D eigenvalue weighted by Crippen LogP contribution is 2.08. The summed E-state index contributed by atoms with van der Waals surface area (Å²) in [5.74, 6) is -0.258. The van der Waals surface area contributed by atoms with Gasteiger partial charge in [-0.2, -0.15) is 5.10 Å². The topological polar surface area (TPSA) is 67.5 Å². The molecule has 0 aromatic heterocycles. The van der Waals surface area contributed by atoms with E-state index in [1.54, 1.807) is 30.5 Å². The van der Waals surface area contributed by atoms with Crippen molar-refractivity contribution in [2.45, 2.75) is 13.8 Å². The molecule has 0 unspecified atom stereocenters. The third-order valence-corrected chi connectivity index (χ3v) is 2.98. The van der Waals surface area contributed by atoms with Crippen molar-refractivity contribution in [3.05, 3.63) is 64.7 Å². The van der Waals surface area contributed by atoms with Crippen LogP contribution in [0.25, 0.3) is 0 Å². The lowest BCUT2D eigenvalue weighted by atomic mass is 10.1. The Hall–Kier alpha value is -2.62. The Morgan fingerprint density at radius 3 is 2.55 bits per heavy atom. The Labute approximate surface area is 118 Å². The molecule has 20 heavy (non-hydrogen) atoms. The molecular weight excluding hydrogens is 250 g/mol. The molecule has 2 aromatic carbocycles. The number of carbonyl (C=O) groups is 1. The second kappa shape index (κ2) is 6.02. The molecule has 0 saturated heterocycles. The maximum absolute atomic E-state index is 11.8. The van der Waals surface area contributed by atoms with E-state index in [1.165, 1.54) is 0 Å². The minimum absolute atomic E-state index is 0.258. The molecule has 0 saturated carbocycles. The van der Waals surface area contributed by atoms with E-state index in [4.69, 9.17) is 5.73 Å². The molecule has 2 rings (SSSR count). The molecule has 0 aliphatic rings. The molecule has 102 valence electrons. The smallest absolute Gasteiger partial charge is 0.271 e. The SMILES string of the molecule is Cc1ccc(C)c(/C=N\NC(=O)c2ccc(N)cc2)c1. The van der Waals surface area contributed by atoms with Gasteiger partial charge in [-0.3, -0.25) is 4.79 Å². The molecule has 0 spiro atoms. The zero-order valence-electron chi connectivity index (χ0n) is 11.6. The van der Waals surface area contributed by atoms with Crippen molar-refractivity contribution < 1.29 is 4.79 Å². The minimum atomic E-state index is -0.258. The van der Waals surface area contributed by atoms with Gasteiger partial charge in [0, 0.05) is 11.3 Å². The van der Waals surface area contributed by atoms with Crippen LogP contribution < -0.4 is 11.2 Å². The van der Waals surface area contributed by atoms with E-state index >= 15 is 0 Å². The molecule has 0 fully saturated rings. The van der Waals surface area contributed by atoms with Crippen molar-refractivity contribution >= 4 is 17.8 Å². The van der Waals surface area contributed by atoms with Crippen LogP contribution in [-0.2, 0) is 0 Å². The highest BCUT2D eigenvalue weighted by atomic mass is 16.2. The minimum Gasteiger partial charge on any atom is -0.399 e. The maximum Gasteiger partial charge on any atom is 0.271 e. The van der Waals surface area contributed by atoms with E-state index in [1.807, 2.05) is 32.0 Å². The number of aryl methyl sites for hydroxylation is 2. The largest absolute Gasteiger partial charge is 0.399 e. The van der Waals surface area contributed by atoms with E-state index in [9.17, 15) is 4.79 Å². The van der Waals surface area contributed by atoms with E-state index in [2.05, 4.69) is 10.5 Å². The van der Waals surface area contributed by atoms with Gasteiger partial charge in [0.25, 0.3) is 5.91 Å². The Bertz CT molecular complexity index is 645.